The Balaban J connectivity index is 2.58. The van der Waals surface area contributed by atoms with Gasteiger partial charge in [-0.15, -0.1) is 0 Å². The molecule has 0 spiro atoms. The van der Waals surface area contributed by atoms with Crippen LogP contribution in [0, 0.1) is 31.3 Å². The molecule has 21 heavy (non-hydrogen) atoms. The van der Waals surface area contributed by atoms with Crippen LogP contribution in [0.15, 0.2) is 28.7 Å². The summed E-state index contributed by atoms with van der Waals surface area (Å²) in [7, 11) is 0. The van der Waals surface area contributed by atoms with Gasteiger partial charge in [-0.1, -0.05) is 34.1 Å². The van der Waals surface area contributed by atoms with Crippen molar-refractivity contribution in [3.63, 3.8) is 0 Å². The third-order valence-corrected chi connectivity index (χ3v) is 4.59. The van der Waals surface area contributed by atoms with E-state index in [0.717, 1.165) is 21.7 Å². The van der Waals surface area contributed by atoms with Gasteiger partial charge in [0, 0.05) is 10.0 Å². The van der Waals surface area contributed by atoms with Gasteiger partial charge >= 0.3 is 0 Å². The van der Waals surface area contributed by atoms with Gasteiger partial charge in [-0.2, -0.15) is 0 Å². The second kappa shape index (κ2) is 6.17. The highest BCUT2D eigenvalue weighted by atomic mass is 79.9. The van der Waals surface area contributed by atoms with Gasteiger partial charge in [-0.05, 0) is 36.6 Å². The van der Waals surface area contributed by atoms with Gasteiger partial charge in [0.05, 0.1) is 6.04 Å². The van der Waals surface area contributed by atoms with Crippen LogP contribution in [0.3, 0.4) is 0 Å². The molecule has 2 aromatic rings. The topological polar surface area (TPSA) is 38.0 Å². The van der Waals surface area contributed by atoms with E-state index >= 15 is 0 Å². The Morgan fingerprint density at radius 3 is 2.14 bits per heavy atom. The van der Waals surface area contributed by atoms with Gasteiger partial charge in [0.2, 0.25) is 0 Å². The molecule has 0 saturated heterocycles. The fourth-order valence-electron chi connectivity index (χ4n) is 2.28. The van der Waals surface area contributed by atoms with Crippen molar-refractivity contribution in [2.24, 2.45) is 5.84 Å². The summed E-state index contributed by atoms with van der Waals surface area (Å²) in [5, 5.41) is 0. The molecule has 1 unspecified atom stereocenters. The minimum absolute atomic E-state index is 0.0440. The highest BCUT2D eigenvalue weighted by molar-refractivity contribution is 9.10. The fourth-order valence-corrected chi connectivity index (χ4v) is 2.50. The van der Waals surface area contributed by atoms with Crippen LogP contribution in [0.5, 0.6) is 0 Å². The molecule has 1 atom stereocenters. The first-order valence-electron chi connectivity index (χ1n) is 6.23. The zero-order chi connectivity index (χ0) is 15.7. The zero-order valence-corrected chi connectivity index (χ0v) is 13.1. The maximum atomic E-state index is 13.9. The van der Waals surface area contributed by atoms with Crippen LogP contribution >= 0.6 is 15.9 Å². The van der Waals surface area contributed by atoms with E-state index in [1.54, 1.807) is 0 Å². The molecule has 0 aromatic heterocycles. The number of hydrogen-bond donors (Lipinski definition) is 2. The Kier molecular flexibility index (Phi) is 4.70. The second-order valence-electron chi connectivity index (χ2n) is 4.83. The zero-order valence-electron chi connectivity index (χ0n) is 11.5. The Hall–Kier alpha value is -1.37. The second-order valence-corrected chi connectivity index (χ2v) is 5.63. The van der Waals surface area contributed by atoms with Gasteiger partial charge in [0.15, 0.2) is 17.5 Å². The van der Waals surface area contributed by atoms with Crippen LogP contribution in [0.25, 0.3) is 0 Å². The molecule has 0 radical (unpaired) electrons. The lowest BCUT2D eigenvalue weighted by atomic mass is 9.95. The van der Waals surface area contributed by atoms with E-state index in [1.165, 1.54) is 6.07 Å². The number of hydrogen-bond acceptors (Lipinski definition) is 2. The van der Waals surface area contributed by atoms with Crippen LogP contribution in [0.4, 0.5) is 13.2 Å². The number of nitrogens with one attached hydrogen (secondary N) is 1. The van der Waals surface area contributed by atoms with Crippen molar-refractivity contribution in [2.75, 3.05) is 0 Å². The number of aryl methyl sites for hydroxylation is 2. The van der Waals surface area contributed by atoms with Crippen molar-refractivity contribution in [3.8, 4) is 0 Å². The Bertz CT molecular complexity index is 666. The first kappa shape index (κ1) is 16.0. The largest absolute Gasteiger partial charge is 0.271 e. The maximum Gasteiger partial charge on any atom is 0.194 e. The van der Waals surface area contributed by atoms with Gasteiger partial charge < -0.3 is 0 Å². The highest BCUT2D eigenvalue weighted by Gasteiger charge is 2.22. The summed E-state index contributed by atoms with van der Waals surface area (Å²) < 4.78 is 41.3. The van der Waals surface area contributed by atoms with Crippen LogP contribution in [0.2, 0.25) is 0 Å². The first-order valence-corrected chi connectivity index (χ1v) is 7.02. The molecule has 0 heterocycles. The minimum atomic E-state index is -1.50. The van der Waals surface area contributed by atoms with Crippen molar-refractivity contribution in [3.05, 3.63) is 68.4 Å². The monoisotopic (exact) mass is 358 g/mol. The van der Waals surface area contributed by atoms with Crippen LogP contribution in [-0.4, -0.2) is 0 Å². The van der Waals surface area contributed by atoms with Crippen molar-refractivity contribution in [1.82, 2.24) is 5.43 Å². The lowest BCUT2D eigenvalue weighted by Crippen LogP contribution is -2.30. The molecule has 0 aliphatic heterocycles. The van der Waals surface area contributed by atoms with E-state index in [-0.39, 0.29) is 5.56 Å². The van der Waals surface area contributed by atoms with Gasteiger partial charge in [-0.3, -0.25) is 5.84 Å². The lowest BCUT2D eigenvalue weighted by molar-refractivity contribution is 0.433. The molecule has 2 rings (SSSR count). The molecule has 3 N–H and O–H groups in total. The number of nitrogens with two attached hydrogens (primary N) is 1. The van der Waals surface area contributed by atoms with Gasteiger partial charge in [-0.25, -0.2) is 18.6 Å². The molecular formula is C15H14BrF3N2. The Labute approximate surface area is 129 Å². The molecule has 0 aliphatic rings. The van der Waals surface area contributed by atoms with Crippen LogP contribution in [-0.2, 0) is 0 Å². The number of benzene rings is 2. The molecule has 2 aromatic carbocycles. The summed E-state index contributed by atoms with van der Waals surface area (Å²) in [6.45, 7) is 3.77. The number of halogens is 4. The Morgan fingerprint density at radius 2 is 1.62 bits per heavy atom. The van der Waals surface area contributed by atoms with Gasteiger partial charge in [0.25, 0.3) is 0 Å². The van der Waals surface area contributed by atoms with E-state index in [4.69, 9.17) is 5.84 Å². The van der Waals surface area contributed by atoms with Crippen LogP contribution in [0.1, 0.15) is 28.3 Å². The van der Waals surface area contributed by atoms with E-state index < -0.39 is 23.5 Å². The van der Waals surface area contributed by atoms with E-state index in [2.05, 4.69) is 21.4 Å². The van der Waals surface area contributed by atoms with Crippen LogP contribution < -0.4 is 11.3 Å². The normalized spacial score (nSPS) is 12.5. The molecule has 0 fully saturated rings. The molecule has 0 saturated carbocycles. The van der Waals surface area contributed by atoms with Crippen molar-refractivity contribution < 1.29 is 13.2 Å². The Morgan fingerprint density at radius 1 is 1.05 bits per heavy atom. The molecule has 2 nitrogen and oxygen atoms in total. The molecule has 0 amide bonds. The number of rotatable bonds is 3. The SMILES string of the molecule is Cc1cc(C(NN)c2ccc(F)c(F)c2F)cc(C)c1Br. The molecule has 6 heteroatoms. The standard InChI is InChI=1S/C15H14BrF3N2/c1-7-5-9(6-8(2)12(7)16)15(21-20)10-3-4-11(17)14(19)13(10)18/h3-6,15,21H,20H2,1-2H3. The highest BCUT2D eigenvalue weighted by Crippen LogP contribution is 2.30. The third-order valence-electron chi connectivity index (χ3n) is 3.33. The van der Waals surface area contributed by atoms with Crippen molar-refractivity contribution in [2.45, 2.75) is 19.9 Å². The summed E-state index contributed by atoms with van der Waals surface area (Å²) in [5.74, 6) is 1.52. The quantitative estimate of drug-likeness (QED) is 0.493. The van der Waals surface area contributed by atoms with Crippen molar-refractivity contribution >= 4 is 15.9 Å². The fraction of sp³-hybridized carbons (Fsp3) is 0.200. The maximum absolute atomic E-state index is 13.9. The minimum Gasteiger partial charge on any atom is -0.271 e. The lowest BCUT2D eigenvalue weighted by Gasteiger charge is -2.20. The molecule has 0 bridgehead atoms. The van der Waals surface area contributed by atoms with E-state index in [0.29, 0.717) is 5.56 Å². The average Bonchev–Trinajstić information content (AvgIpc) is 2.45. The van der Waals surface area contributed by atoms with E-state index in [9.17, 15) is 13.2 Å². The van der Waals surface area contributed by atoms with Crippen molar-refractivity contribution in [1.29, 1.82) is 0 Å². The predicted molar refractivity (Wildman–Crippen MR) is 79.1 cm³/mol. The first-order chi connectivity index (χ1) is 9.86. The summed E-state index contributed by atoms with van der Waals surface area (Å²) in [4.78, 5) is 0. The molecular weight excluding hydrogens is 345 g/mol. The third kappa shape index (κ3) is 2.97. The molecule has 112 valence electrons. The predicted octanol–water partition coefficient (Wildman–Crippen LogP) is 4.04. The summed E-state index contributed by atoms with van der Waals surface area (Å²) >= 11 is 3.44. The summed E-state index contributed by atoms with van der Waals surface area (Å²) in [6, 6.07) is 4.91. The van der Waals surface area contributed by atoms with E-state index in [1.807, 2.05) is 26.0 Å². The average molecular weight is 359 g/mol. The smallest absolute Gasteiger partial charge is 0.194 e. The van der Waals surface area contributed by atoms with Gasteiger partial charge in [0.1, 0.15) is 0 Å². The summed E-state index contributed by atoms with van der Waals surface area (Å²) in [6.07, 6.45) is 0. The summed E-state index contributed by atoms with van der Waals surface area (Å²) in [5.41, 5.74) is 4.95. The number of hydrazine groups is 1. The molecule has 0 aliphatic carbocycles.